The van der Waals surface area contributed by atoms with Crippen LogP contribution in [0.3, 0.4) is 0 Å². The molecule has 1 unspecified atom stereocenters. The minimum atomic E-state index is -0.382. The number of nitrogens with one attached hydrogen (secondary N) is 1. The number of rotatable bonds is 5. The van der Waals surface area contributed by atoms with Gasteiger partial charge in [0.2, 0.25) is 0 Å². The average Bonchev–Trinajstić information content (AvgIpc) is 3.08. The van der Waals surface area contributed by atoms with Crippen LogP contribution in [-0.2, 0) is 0 Å². The Morgan fingerprint density at radius 1 is 1.28 bits per heavy atom. The summed E-state index contributed by atoms with van der Waals surface area (Å²) in [6, 6.07) is 9.33. The van der Waals surface area contributed by atoms with Crippen molar-refractivity contribution in [3.8, 4) is 0 Å². The zero-order valence-electron chi connectivity index (χ0n) is 13.7. The molecule has 130 valence electrons. The quantitative estimate of drug-likeness (QED) is 0.651. The van der Waals surface area contributed by atoms with Gasteiger partial charge in [-0.15, -0.1) is 11.3 Å². The van der Waals surface area contributed by atoms with Crippen molar-refractivity contribution < 1.29 is 9.72 Å². The number of nitro benzene ring substituents is 1. The van der Waals surface area contributed by atoms with E-state index in [0.717, 1.165) is 32.2 Å². The van der Waals surface area contributed by atoms with Gasteiger partial charge >= 0.3 is 0 Å². The minimum absolute atomic E-state index is 0.00639. The molecular formula is C18H19N3O3S. The normalized spacial score (nSPS) is 19.8. The standard InChI is InChI=1S/C18H19N3O3S/c22-18(19-13-6-7-13)12-5-8-14(16(11-12)21(23)24)20-9-1-3-15(20)17-4-2-10-25-17/h2,4-5,8,10-11,13,15H,1,3,6-7,9H2,(H,19,22). The van der Waals surface area contributed by atoms with Gasteiger partial charge in [-0.1, -0.05) is 6.07 Å². The third kappa shape index (κ3) is 3.24. The van der Waals surface area contributed by atoms with Crippen LogP contribution >= 0.6 is 11.3 Å². The topological polar surface area (TPSA) is 75.5 Å². The van der Waals surface area contributed by atoms with E-state index < -0.39 is 0 Å². The van der Waals surface area contributed by atoms with Crippen molar-refractivity contribution in [3.63, 3.8) is 0 Å². The van der Waals surface area contributed by atoms with Gasteiger partial charge in [0.15, 0.2) is 0 Å². The molecule has 2 heterocycles. The van der Waals surface area contributed by atoms with Gasteiger partial charge in [-0.05, 0) is 49.3 Å². The molecule has 0 radical (unpaired) electrons. The summed E-state index contributed by atoms with van der Waals surface area (Å²) < 4.78 is 0. The fraction of sp³-hybridized carbons (Fsp3) is 0.389. The summed E-state index contributed by atoms with van der Waals surface area (Å²) in [5, 5.41) is 16.5. The second kappa shape index (κ2) is 6.48. The van der Waals surface area contributed by atoms with Gasteiger partial charge in [-0.3, -0.25) is 14.9 Å². The van der Waals surface area contributed by atoms with Crippen LogP contribution in [0.1, 0.15) is 47.0 Å². The summed E-state index contributed by atoms with van der Waals surface area (Å²) >= 11 is 1.68. The maximum atomic E-state index is 12.2. The molecule has 1 amide bonds. The van der Waals surface area contributed by atoms with Gasteiger partial charge in [0.25, 0.3) is 11.6 Å². The second-order valence-corrected chi connectivity index (χ2v) is 7.55. The predicted molar refractivity (Wildman–Crippen MR) is 97.2 cm³/mol. The third-order valence-corrected chi connectivity index (χ3v) is 5.75. The molecule has 2 aromatic rings. The highest BCUT2D eigenvalue weighted by Gasteiger charge is 2.32. The van der Waals surface area contributed by atoms with E-state index >= 15 is 0 Å². The fourth-order valence-corrected chi connectivity index (χ4v) is 4.26. The number of nitro groups is 1. The van der Waals surface area contributed by atoms with Crippen LogP contribution in [0.2, 0.25) is 0 Å². The van der Waals surface area contributed by atoms with Crippen molar-refractivity contribution in [2.24, 2.45) is 0 Å². The maximum absolute atomic E-state index is 12.2. The molecule has 1 aliphatic heterocycles. The molecule has 1 atom stereocenters. The number of benzene rings is 1. The van der Waals surface area contributed by atoms with Gasteiger partial charge in [0, 0.05) is 29.1 Å². The van der Waals surface area contributed by atoms with E-state index in [1.54, 1.807) is 23.5 Å². The summed E-state index contributed by atoms with van der Waals surface area (Å²) in [7, 11) is 0. The number of carbonyl (C=O) groups is 1. The molecule has 1 aromatic carbocycles. The first-order valence-electron chi connectivity index (χ1n) is 8.53. The van der Waals surface area contributed by atoms with E-state index in [9.17, 15) is 14.9 Å². The summed E-state index contributed by atoms with van der Waals surface area (Å²) in [4.78, 5) is 26.8. The lowest BCUT2D eigenvalue weighted by Gasteiger charge is -2.26. The number of thiophene rings is 1. The molecule has 0 bridgehead atoms. The van der Waals surface area contributed by atoms with E-state index in [0.29, 0.717) is 11.3 Å². The molecule has 2 aliphatic rings. The molecule has 1 saturated heterocycles. The first kappa shape index (κ1) is 16.1. The minimum Gasteiger partial charge on any atom is -0.358 e. The fourth-order valence-electron chi connectivity index (χ4n) is 3.38. The van der Waals surface area contributed by atoms with Gasteiger partial charge in [0.05, 0.1) is 11.0 Å². The zero-order chi connectivity index (χ0) is 17.4. The smallest absolute Gasteiger partial charge is 0.293 e. The Morgan fingerprint density at radius 3 is 2.80 bits per heavy atom. The van der Waals surface area contributed by atoms with E-state index in [4.69, 9.17) is 0 Å². The summed E-state index contributed by atoms with van der Waals surface area (Å²) in [6.45, 7) is 0.789. The van der Waals surface area contributed by atoms with Crippen LogP contribution in [0.15, 0.2) is 35.7 Å². The molecule has 1 saturated carbocycles. The Hall–Kier alpha value is -2.41. The lowest BCUT2D eigenvalue weighted by Crippen LogP contribution is -2.26. The molecule has 1 aliphatic carbocycles. The highest BCUT2D eigenvalue weighted by molar-refractivity contribution is 7.10. The van der Waals surface area contributed by atoms with Crippen LogP contribution in [0, 0.1) is 10.1 Å². The molecule has 1 aromatic heterocycles. The van der Waals surface area contributed by atoms with Crippen molar-refractivity contribution >= 4 is 28.6 Å². The first-order chi connectivity index (χ1) is 12.1. The summed E-state index contributed by atoms with van der Waals surface area (Å²) in [6.07, 6.45) is 3.97. The Labute approximate surface area is 149 Å². The Balaban J connectivity index is 1.66. The van der Waals surface area contributed by atoms with E-state index in [1.165, 1.54) is 10.9 Å². The van der Waals surface area contributed by atoms with Crippen molar-refractivity contribution in [2.75, 3.05) is 11.4 Å². The van der Waals surface area contributed by atoms with Gasteiger partial charge < -0.3 is 10.2 Å². The molecule has 1 N–H and O–H groups in total. The second-order valence-electron chi connectivity index (χ2n) is 6.58. The van der Waals surface area contributed by atoms with Crippen molar-refractivity contribution in [1.29, 1.82) is 0 Å². The van der Waals surface area contributed by atoms with E-state index in [2.05, 4.69) is 16.3 Å². The highest BCUT2D eigenvalue weighted by Crippen LogP contribution is 2.41. The monoisotopic (exact) mass is 357 g/mol. The van der Waals surface area contributed by atoms with Crippen molar-refractivity contribution in [2.45, 2.75) is 37.8 Å². The number of nitrogens with zero attached hydrogens (tertiary/aromatic N) is 2. The van der Waals surface area contributed by atoms with Crippen LogP contribution in [-0.4, -0.2) is 23.4 Å². The molecule has 0 spiro atoms. The maximum Gasteiger partial charge on any atom is 0.293 e. The molecule has 6 nitrogen and oxygen atoms in total. The van der Waals surface area contributed by atoms with Gasteiger partial charge in [-0.25, -0.2) is 0 Å². The highest BCUT2D eigenvalue weighted by atomic mass is 32.1. The molecule has 2 fully saturated rings. The number of hydrogen-bond donors (Lipinski definition) is 1. The lowest BCUT2D eigenvalue weighted by atomic mass is 10.1. The Kier molecular flexibility index (Phi) is 4.17. The van der Waals surface area contributed by atoms with Crippen LogP contribution < -0.4 is 10.2 Å². The van der Waals surface area contributed by atoms with Crippen LogP contribution in [0.4, 0.5) is 11.4 Å². The molecule has 7 heteroatoms. The van der Waals surface area contributed by atoms with E-state index in [-0.39, 0.29) is 28.6 Å². The van der Waals surface area contributed by atoms with Crippen molar-refractivity contribution in [1.82, 2.24) is 5.32 Å². The predicted octanol–water partition coefficient (Wildman–Crippen LogP) is 3.89. The molecular weight excluding hydrogens is 338 g/mol. The summed E-state index contributed by atoms with van der Waals surface area (Å²) in [5.74, 6) is -0.228. The molecule has 4 rings (SSSR count). The Morgan fingerprint density at radius 2 is 2.12 bits per heavy atom. The number of hydrogen-bond acceptors (Lipinski definition) is 5. The Bertz CT molecular complexity index is 802. The number of anilines is 1. The first-order valence-corrected chi connectivity index (χ1v) is 9.41. The van der Waals surface area contributed by atoms with Gasteiger partial charge in [0.1, 0.15) is 5.69 Å². The number of carbonyl (C=O) groups excluding carboxylic acids is 1. The van der Waals surface area contributed by atoms with Crippen molar-refractivity contribution in [3.05, 3.63) is 56.3 Å². The van der Waals surface area contributed by atoms with Gasteiger partial charge in [-0.2, -0.15) is 0 Å². The third-order valence-electron chi connectivity index (χ3n) is 4.78. The molecule has 25 heavy (non-hydrogen) atoms. The average molecular weight is 357 g/mol. The van der Waals surface area contributed by atoms with Crippen LogP contribution in [0.5, 0.6) is 0 Å². The number of amides is 1. The SMILES string of the molecule is O=C(NC1CC1)c1ccc(N2CCCC2c2cccs2)c([N+](=O)[O-])c1. The zero-order valence-corrected chi connectivity index (χ0v) is 14.5. The summed E-state index contributed by atoms with van der Waals surface area (Å²) in [5.41, 5.74) is 0.963. The largest absolute Gasteiger partial charge is 0.358 e. The van der Waals surface area contributed by atoms with Crippen LogP contribution in [0.25, 0.3) is 0 Å². The lowest BCUT2D eigenvalue weighted by molar-refractivity contribution is -0.384. The van der Waals surface area contributed by atoms with E-state index in [1.807, 2.05) is 11.4 Å².